The Kier molecular flexibility index (Phi) is 4.22. The van der Waals surface area contributed by atoms with E-state index in [1.807, 2.05) is 6.07 Å². The van der Waals surface area contributed by atoms with Gasteiger partial charge in [0.25, 0.3) is 0 Å². The molecule has 100 valence electrons. The lowest BCUT2D eigenvalue weighted by atomic mass is 9.70. The summed E-state index contributed by atoms with van der Waals surface area (Å²) in [5.41, 5.74) is 1.47. The zero-order chi connectivity index (χ0) is 13.3. The molecule has 0 aromatic carbocycles. The number of rotatable bonds is 2. The molecular formula is C14H20BrClN2. The van der Waals surface area contributed by atoms with Crippen molar-refractivity contribution < 1.29 is 0 Å². The van der Waals surface area contributed by atoms with Crippen molar-refractivity contribution in [3.63, 3.8) is 0 Å². The lowest BCUT2D eigenvalue weighted by Gasteiger charge is -2.39. The summed E-state index contributed by atoms with van der Waals surface area (Å²) in [5.74, 6) is 0.773. The van der Waals surface area contributed by atoms with E-state index in [1.54, 1.807) is 6.20 Å². The molecule has 1 aliphatic carbocycles. The summed E-state index contributed by atoms with van der Waals surface area (Å²) in [6.45, 7) is 7.05. The minimum Gasteiger partial charge on any atom is -0.381 e. The Morgan fingerprint density at radius 1 is 1.44 bits per heavy atom. The van der Waals surface area contributed by atoms with Crippen LogP contribution >= 0.6 is 27.5 Å². The van der Waals surface area contributed by atoms with Gasteiger partial charge >= 0.3 is 0 Å². The van der Waals surface area contributed by atoms with E-state index in [2.05, 4.69) is 47.0 Å². The summed E-state index contributed by atoms with van der Waals surface area (Å²) < 4.78 is 0.845. The number of aromatic nitrogens is 1. The summed E-state index contributed by atoms with van der Waals surface area (Å²) in [4.78, 5) is 4.16. The van der Waals surface area contributed by atoms with Gasteiger partial charge in [0, 0.05) is 6.04 Å². The summed E-state index contributed by atoms with van der Waals surface area (Å²) in [6.07, 6.45) is 5.55. The molecule has 18 heavy (non-hydrogen) atoms. The van der Waals surface area contributed by atoms with Gasteiger partial charge in [0.1, 0.15) is 5.15 Å². The second kappa shape index (κ2) is 5.38. The molecule has 1 fully saturated rings. The highest BCUT2D eigenvalue weighted by Crippen LogP contribution is 2.39. The Balaban J connectivity index is 2.06. The van der Waals surface area contributed by atoms with Gasteiger partial charge in [-0.05, 0) is 52.6 Å². The monoisotopic (exact) mass is 330 g/mol. The van der Waals surface area contributed by atoms with Gasteiger partial charge in [0.05, 0.1) is 16.4 Å². The predicted molar refractivity (Wildman–Crippen MR) is 81.2 cm³/mol. The Labute approximate surface area is 123 Å². The number of nitrogens with one attached hydrogen (secondary N) is 1. The zero-order valence-electron chi connectivity index (χ0n) is 11.1. The van der Waals surface area contributed by atoms with E-state index in [0.29, 0.717) is 16.6 Å². The van der Waals surface area contributed by atoms with Gasteiger partial charge in [-0.2, -0.15) is 0 Å². The van der Waals surface area contributed by atoms with E-state index in [-0.39, 0.29) is 0 Å². The molecule has 0 amide bonds. The second-order valence-corrected chi connectivity index (χ2v) is 7.46. The standard InChI is InChI=1S/C14H20BrClN2/c1-9-4-10(7-14(2,3)6-9)18-11-5-12(15)13(16)17-8-11/h5,8-10,18H,4,6-7H2,1-3H3. The second-order valence-electron chi connectivity index (χ2n) is 6.25. The first-order chi connectivity index (χ1) is 8.35. The Morgan fingerprint density at radius 2 is 2.17 bits per heavy atom. The van der Waals surface area contributed by atoms with Crippen LogP contribution in [0.3, 0.4) is 0 Å². The number of anilines is 1. The number of nitrogens with zero attached hydrogens (tertiary/aromatic N) is 1. The first-order valence-corrected chi connectivity index (χ1v) is 7.60. The van der Waals surface area contributed by atoms with Gasteiger partial charge in [0.15, 0.2) is 0 Å². The lowest BCUT2D eigenvalue weighted by molar-refractivity contribution is 0.178. The van der Waals surface area contributed by atoms with Crippen molar-refractivity contribution >= 4 is 33.2 Å². The first-order valence-electron chi connectivity index (χ1n) is 6.43. The van der Waals surface area contributed by atoms with Crippen LogP contribution in [0.2, 0.25) is 5.15 Å². The topological polar surface area (TPSA) is 24.9 Å². The van der Waals surface area contributed by atoms with Crippen LogP contribution in [0, 0.1) is 11.3 Å². The summed E-state index contributed by atoms with van der Waals surface area (Å²) in [5, 5.41) is 4.10. The van der Waals surface area contributed by atoms with E-state index < -0.39 is 0 Å². The minimum absolute atomic E-state index is 0.423. The molecule has 4 heteroatoms. The number of halogens is 2. The normalized spacial score (nSPS) is 26.9. The van der Waals surface area contributed by atoms with Gasteiger partial charge in [-0.25, -0.2) is 4.98 Å². The van der Waals surface area contributed by atoms with Crippen molar-refractivity contribution in [2.45, 2.75) is 46.1 Å². The van der Waals surface area contributed by atoms with Gasteiger partial charge < -0.3 is 5.32 Å². The van der Waals surface area contributed by atoms with Crippen LogP contribution in [0.1, 0.15) is 40.0 Å². The van der Waals surface area contributed by atoms with Crippen molar-refractivity contribution in [3.05, 3.63) is 21.9 Å². The highest BCUT2D eigenvalue weighted by molar-refractivity contribution is 9.10. The number of hydrogen-bond acceptors (Lipinski definition) is 2. The third kappa shape index (κ3) is 3.61. The molecule has 0 radical (unpaired) electrons. The molecule has 0 bridgehead atoms. The molecule has 1 aromatic heterocycles. The third-order valence-corrected chi connectivity index (χ3v) is 4.69. The van der Waals surface area contributed by atoms with E-state index in [9.17, 15) is 0 Å². The molecule has 1 aromatic rings. The maximum absolute atomic E-state index is 5.91. The zero-order valence-corrected chi connectivity index (χ0v) is 13.5. The maximum Gasteiger partial charge on any atom is 0.143 e. The van der Waals surface area contributed by atoms with Crippen molar-refractivity contribution in [2.75, 3.05) is 5.32 Å². The van der Waals surface area contributed by atoms with E-state index >= 15 is 0 Å². The molecule has 1 aliphatic rings. The quantitative estimate of drug-likeness (QED) is 0.760. The van der Waals surface area contributed by atoms with Crippen molar-refractivity contribution in [1.82, 2.24) is 4.98 Å². The van der Waals surface area contributed by atoms with Crippen LogP contribution in [-0.4, -0.2) is 11.0 Å². The third-order valence-electron chi connectivity index (χ3n) is 3.55. The maximum atomic E-state index is 5.91. The van der Waals surface area contributed by atoms with Crippen LogP contribution < -0.4 is 5.32 Å². The lowest BCUT2D eigenvalue weighted by Crippen LogP contribution is -2.35. The van der Waals surface area contributed by atoms with E-state index in [0.717, 1.165) is 16.1 Å². The molecular weight excluding hydrogens is 312 g/mol. The summed E-state index contributed by atoms with van der Waals surface area (Å²) in [7, 11) is 0. The smallest absolute Gasteiger partial charge is 0.143 e. The Morgan fingerprint density at radius 3 is 2.78 bits per heavy atom. The number of hydrogen-bond donors (Lipinski definition) is 1. The molecule has 1 N–H and O–H groups in total. The molecule has 0 aliphatic heterocycles. The van der Waals surface area contributed by atoms with E-state index in [1.165, 1.54) is 19.3 Å². The van der Waals surface area contributed by atoms with Gasteiger partial charge in [-0.3, -0.25) is 0 Å². The van der Waals surface area contributed by atoms with Crippen LogP contribution in [0.25, 0.3) is 0 Å². The molecule has 2 nitrogen and oxygen atoms in total. The molecule has 0 spiro atoms. The highest BCUT2D eigenvalue weighted by Gasteiger charge is 2.31. The molecule has 1 heterocycles. The number of pyridine rings is 1. The predicted octanol–water partition coefficient (Wildman–Crippen LogP) is 5.12. The van der Waals surface area contributed by atoms with Crippen LogP contribution in [-0.2, 0) is 0 Å². The van der Waals surface area contributed by atoms with Crippen molar-refractivity contribution in [2.24, 2.45) is 11.3 Å². The van der Waals surface area contributed by atoms with E-state index in [4.69, 9.17) is 11.6 Å². The molecule has 0 saturated heterocycles. The van der Waals surface area contributed by atoms with Crippen molar-refractivity contribution in [3.8, 4) is 0 Å². The van der Waals surface area contributed by atoms with Crippen LogP contribution in [0.4, 0.5) is 5.69 Å². The minimum atomic E-state index is 0.423. The summed E-state index contributed by atoms with van der Waals surface area (Å²) >= 11 is 9.32. The van der Waals surface area contributed by atoms with Gasteiger partial charge in [-0.1, -0.05) is 32.4 Å². The summed E-state index contributed by atoms with van der Waals surface area (Å²) in [6, 6.07) is 2.53. The SMILES string of the molecule is CC1CC(Nc2cnc(Cl)c(Br)c2)CC(C)(C)C1. The van der Waals surface area contributed by atoms with Gasteiger partial charge in [-0.15, -0.1) is 0 Å². The fraction of sp³-hybridized carbons (Fsp3) is 0.643. The largest absolute Gasteiger partial charge is 0.381 e. The molecule has 1 saturated carbocycles. The Hall–Kier alpha value is -0.280. The fourth-order valence-electron chi connectivity index (χ4n) is 3.19. The highest BCUT2D eigenvalue weighted by atomic mass is 79.9. The Bertz CT molecular complexity index is 434. The molecule has 2 rings (SSSR count). The molecule has 2 atom stereocenters. The van der Waals surface area contributed by atoms with Crippen molar-refractivity contribution in [1.29, 1.82) is 0 Å². The van der Waals surface area contributed by atoms with Crippen LogP contribution in [0.5, 0.6) is 0 Å². The van der Waals surface area contributed by atoms with Gasteiger partial charge in [0.2, 0.25) is 0 Å². The molecule has 2 unspecified atom stereocenters. The fourth-order valence-corrected chi connectivity index (χ4v) is 3.64. The average molecular weight is 332 g/mol. The van der Waals surface area contributed by atoms with Crippen LogP contribution in [0.15, 0.2) is 16.7 Å². The average Bonchev–Trinajstić information content (AvgIpc) is 2.20. The first kappa shape index (κ1) is 14.1.